The van der Waals surface area contributed by atoms with Crippen molar-refractivity contribution in [3.05, 3.63) is 63.9 Å². The second-order valence-corrected chi connectivity index (χ2v) is 6.55. The van der Waals surface area contributed by atoms with E-state index < -0.39 is 6.10 Å². The third-order valence-corrected chi connectivity index (χ3v) is 5.19. The molecule has 1 aliphatic carbocycles. The van der Waals surface area contributed by atoms with Gasteiger partial charge in [-0.1, -0.05) is 41.8 Å². The first kappa shape index (κ1) is 14.8. The summed E-state index contributed by atoms with van der Waals surface area (Å²) in [5.74, 6) is 0. The zero-order valence-electron chi connectivity index (χ0n) is 11.6. The monoisotopic (exact) mass is 321 g/mol. The second-order valence-electron chi connectivity index (χ2n) is 5.74. The van der Waals surface area contributed by atoms with Gasteiger partial charge in [-0.25, -0.2) is 0 Å². The summed E-state index contributed by atoms with van der Waals surface area (Å²) >= 11 is 12.1. The Morgan fingerprint density at radius 1 is 1.14 bits per heavy atom. The smallest absolute Gasteiger partial charge is 0.0968 e. The third-order valence-electron chi connectivity index (χ3n) is 4.46. The van der Waals surface area contributed by atoms with Crippen LogP contribution in [-0.4, -0.2) is 10.1 Å². The molecule has 0 amide bonds. The molecule has 1 N–H and O–H groups in total. The van der Waals surface area contributed by atoms with E-state index in [1.165, 1.54) is 6.42 Å². The highest BCUT2D eigenvalue weighted by Crippen LogP contribution is 2.50. The molecule has 1 unspecified atom stereocenters. The Morgan fingerprint density at radius 2 is 1.95 bits per heavy atom. The quantitative estimate of drug-likeness (QED) is 0.865. The topological polar surface area (TPSA) is 33.1 Å². The Labute approximate surface area is 134 Å². The van der Waals surface area contributed by atoms with Crippen molar-refractivity contribution in [3.63, 3.8) is 0 Å². The van der Waals surface area contributed by atoms with Crippen LogP contribution in [0, 0.1) is 0 Å². The zero-order valence-corrected chi connectivity index (χ0v) is 13.1. The molecule has 21 heavy (non-hydrogen) atoms. The molecule has 2 aromatic rings. The molecule has 1 aliphatic rings. The molecule has 4 heteroatoms. The van der Waals surface area contributed by atoms with Crippen molar-refractivity contribution in [2.45, 2.75) is 37.2 Å². The molecule has 110 valence electrons. The molecule has 0 aliphatic heterocycles. The highest BCUT2D eigenvalue weighted by Gasteiger charge is 2.40. The number of hydrogen-bond donors (Lipinski definition) is 1. The summed E-state index contributed by atoms with van der Waals surface area (Å²) < 4.78 is 0. The first-order chi connectivity index (χ1) is 10.1. The maximum Gasteiger partial charge on any atom is 0.0968 e. The number of nitrogens with zero attached hydrogens (tertiary/aromatic N) is 1. The van der Waals surface area contributed by atoms with Crippen LogP contribution in [0.25, 0.3) is 0 Å². The molecule has 1 fully saturated rings. The summed E-state index contributed by atoms with van der Waals surface area (Å²) in [7, 11) is 0. The van der Waals surface area contributed by atoms with Crippen molar-refractivity contribution >= 4 is 23.2 Å². The normalized spacial score (nSPS) is 18.0. The van der Waals surface area contributed by atoms with Gasteiger partial charge in [-0.2, -0.15) is 0 Å². The fraction of sp³-hybridized carbons (Fsp3) is 0.353. The lowest BCUT2D eigenvalue weighted by atomic mass is 9.61. The van der Waals surface area contributed by atoms with Crippen LogP contribution in [0.5, 0.6) is 0 Å². The lowest BCUT2D eigenvalue weighted by molar-refractivity contribution is 0.0913. The summed E-state index contributed by atoms with van der Waals surface area (Å²) in [6, 6.07) is 11.4. The van der Waals surface area contributed by atoms with Crippen molar-refractivity contribution in [3.8, 4) is 0 Å². The number of pyridine rings is 1. The molecular weight excluding hydrogens is 305 g/mol. The van der Waals surface area contributed by atoms with Crippen molar-refractivity contribution in [2.75, 3.05) is 0 Å². The van der Waals surface area contributed by atoms with Gasteiger partial charge in [-0.15, -0.1) is 0 Å². The van der Waals surface area contributed by atoms with Crippen LogP contribution in [0.4, 0.5) is 0 Å². The molecule has 1 saturated carbocycles. The van der Waals surface area contributed by atoms with Gasteiger partial charge in [0.1, 0.15) is 0 Å². The van der Waals surface area contributed by atoms with E-state index in [9.17, 15) is 5.11 Å². The standard InChI is InChI=1S/C17H17Cl2NO/c18-13-6-5-12(10-14(13)19)17(7-3-8-17)11-16(21)15-4-1-2-9-20-15/h1-2,4-6,9-10,16,21H,3,7-8,11H2. The number of hydrogen-bond acceptors (Lipinski definition) is 2. The van der Waals surface area contributed by atoms with Gasteiger partial charge < -0.3 is 5.11 Å². The summed E-state index contributed by atoms with van der Waals surface area (Å²) in [5, 5.41) is 11.6. The zero-order chi connectivity index (χ0) is 14.9. The predicted octanol–water partition coefficient (Wildman–Crippen LogP) is 4.93. The summed E-state index contributed by atoms with van der Waals surface area (Å²) in [5.41, 5.74) is 1.88. The van der Waals surface area contributed by atoms with E-state index >= 15 is 0 Å². The Hall–Kier alpha value is -1.09. The average Bonchev–Trinajstić information content (AvgIpc) is 2.46. The molecular formula is C17H17Cl2NO. The van der Waals surface area contributed by atoms with Gasteiger partial charge in [0.2, 0.25) is 0 Å². The molecule has 0 spiro atoms. The van der Waals surface area contributed by atoms with Crippen LogP contribution in [0.15, 0.2) is 42.6 Å². The lowest BCUT2D eigenvalue weighted by Crippen LogP contribution is -2.36. The highest BCUT2D eigenvalue weighted by atomic mass is 35.5. The van der Waals surface area contributed by atoms with E-state index in [4.69, 9.17) is 23.2 Å². The predicted molar refractivity (Wildman–Crippen MR) is 85.8 cm³/mol. The maximum atomic E-state index is 10.5. The minimum Gasteiger partial charge on any atom is -0.387 e. The minimum atomic E-state index is -0.555. The SMILES string of the molecule is OC(CC1(c2ccc(Cl)c(Cl)c2)CCC1)c1ccccn1. The summed E-state index contributed by atoms with van der Waals surface area (Å²) in [6.45, 7) is 0. The van der Waals surface area contributed by atoms with Crippen molar-refractivity contribution in [1.29, 1.82) is 0 Å². The van der Waals surface area contributed by atoms with Crippen molar-refractivity contribution < 1.29 is 5.11 Å². The Bertz CT molecular complexity index is 626. The van der Waals surface area contributed by atoms with Crippen LogP contribution in [0.1, 0.15) is 43.0 Å². The minimum absolute atomic E-state index is 0.00876. The number of halogens is 2. The Kier molecular flexibility index (Phi) is 4.21. The molecule has 0 radical (unpaired) electrons. The maximum absolute atomic E-state index is 10.5. The van der Waals surface area contributed by atoms with Gasteiger partial charge in [0.05, 0.1) is 21.8 Å². The van der Waals surface area contributed by atoms with Crippen LogP contribution in [-0.2, 0) is 5.41 Å². The van der Waals surface area contributed by atoms with Gasteiger partial charge in [-0.05, 0) is 54.5 Å². The van der Waals surface area contributed by atoms with Crippen LogP contribution in [0.2, 0.25) is 10.0 Å². The molecule has 3 rings (SSSR count). The van der Waals surface area contributed by atoms with Gasteiger partial charge in [0, 0.05) is 6.20 Å². The largest absolute Gasteiger partial charge is 0.387 e. The van der Waals surface area contributed by atoms with E-state index in [0.717, 1.165) is 24.1 Å². The number of aromatic nitrogens is 1. The number of aliphatic hydroxyl groups excluding tert-OH is 1. The van der Waals surface area contributed by atoms with Crippen LogP contribution in [0.3, 0.4) is 0 Å². The van der Waals surface area contributed by atoms with E-state index in [1.54, 1.807) is 6.20 Å². The molecule has 2 nitrogen and oxygen atoms in total. The molecule has 1 aromatic carbocycles. The van der Waals surface area contributed by atoms with Gasteiger partial charge in [-0.3, -0.25) is 4.98 Å². The Morgan fingerprint density at radius 3 is 2.52 bits per heavy atom. The molecule has 1 atom stereocenters. The number of rotatable bonds is 4. The number of aliphatic hydroxyl groups is 1. The van der Waals surface area contributed by atoms with Crippen molar-refractivity contribution in [2.24, 2.45) is 0 Å². The lowest BCUT2D eigenvalue weighted by Gasteiger charge is -2.44. The number of benzene rings is 1. The first-order valence-corrected chi connectivity index (χ1v) is 7.91. The van der Waals surface area contributed by atoms with E-state index in [0.29, 0.717) is 16.5 Å². The van der Waals surface area contributed by atoms with E-state index in [-0.39, 0.29) is 5.41 Å². The van der Waals surface area contributed by atoms with Crippen LogP contribution >= 0.6 is 23.2 Å². The molecule has 1 aromatic heterocycles. The Balaban J connectivity index is 1.85. The fourth-order valence-corrected chi connectivity index (χ4v) is 3.39. The van der Waals surface area contributed by atoms with Gasteiger partial charge >= 0.3 is 0 Å². The van der Waals surface area contributed by atoms with Gasteiger partial charge in [0.25, 0.3) is 0 Å². The van der Waals surface area contributed by atoms with Gasteiger partial charge in [0.15, 0.2) is 0 Å². The second kappa shape index (κ2) is 5.96. The molecule has 1 heterocycles. The highest BCUT2D eigenvalue weighted by molar-refractivity contribution is 6.42. The molecule has 0 saturated heterocycles. The van der Waals surface area contributed by atoms with E-state index in [2.05, 4.69) is 4.98 Å². The van der Waals surface area contributed by atoms with E-state index in [1.807, 2.05) is 36.4 Å². The summed E-state index contributed by atoms with van der Waals surface area (Å²) in [6.07, 6.45) is 5.13. The fourth-order valence-electron chi connectivity index (χ4n) is 3.09. The summed E-state index contributed by atoms with van der Waals surface area (Å²) in [4.78, 5) is 4.25. The van der Waals surface area contributed by atoms with Crippen molar-refractivity contribution in [1.82, 2.24) is 4.98 Å². The molecule has 0 bridgehead atoms. The average molecular weight is 322 g/mol. The first-order valence-electron chi connectivity index (χ1n) is 7.15. The van der Waals surface area contributed by atoms with Crippen LogP contribution < -0.4 is 0 Å². The third kappa shape index (κ3) is 2.94.